The third-order valence-corrected chi connectivity index (χ3v) is 3.07. The van der Waals surface area contributed by atoms with Gasteiger partial charge in [-0.25, -0.2) is 4.79 Å². The van der Waals surface area contributed by atoms with Crippen molar-refractivity contribution in [2.75, 3.05) is 14.1 Å². The molecule has 0 fully saturated rings. The zero-order valence-electron chi connectivity index (χ0n) is 12.7. The van der Waals surface area contributed by atoms with E-state index < -0.39 is 12.1 Å². The number of rotatable bonds is 4. The lowest BCUT2D eigenvalue weighted by Gasteiger charge is -2.17. The van der Waals surface area contributed by atoms with Crippen molar-refractivity contribution in [3.63, 3.8) is 0 Å². The predicted octanol–water partition coefficient (Wildman–Crippen LogP) is 1.47. The highest BCUT2D eigenvalue weighted by atomic mass is 16.5. The van der Waals surface area contributed by atoms with E-state index in [1.807, 2.05) is 0 Å². The highest BCUT2D eigenvalue weighted by molar-refractivity contribution is 6.01. The zero-order valence-corrected chi connectivity index (χ0v) is 12.7. The monoisotopic (exact) mass is 280 g/mol. The maximum absolute atomic E-state index is 12.1. The number of Topliss-reactive ketones (excluding diaryl/α,β-unsaturated/α-hetero) is 1. The normalized spacial score (nSPS) is 11.9. The second kappa shape index (κ2) is 5.90. The average Bonchev–Trinajstić information content (AvgIpc) is 2.63. The summed E-state index contributed by atoms with van der Waals surface area (Å²) in [5.74, 6) is -1.06. The van der Waals surface area contributed by atoms with Crippen LogP contribution < -0.4 is 0 Å². The number of amides is 1. The number of likely N-dealkylation sites (N-methyl/N-ethyl adjacent to an activating group) is 1. The van der Waals surface area contributed by atoms with Crippen molar-refractivity contribution in [3.05, 3.63) is 22.5 Å². The molecule has 20 heavy (non-hydrogen) atoms. The van der Waals surface area contributed by atoms with Gasteiger partial charge >= 0.3 is 5.97 Å². The van der Waals surface area contributed by atoms with Crippen LogP contribution in [-0.4, -0.2) is 47.7 Å². The molecule has 0 aliphatic heterocycles. The number of carbonyl (C=O) groups is 3. The molecule has 1 rings (SSSR count). The number of ketones is 1. The highest BCUT2D eigenvalue weighted by Gasteiger charge is 2.25. The number of nitrogens with one attached hydrogen (secondary N) is 1. The number of aromatic amines is 1. The lowest BCUT2D eigenvalue weighted by atomic mass is 10.1. The number of aryl methyl sites for hydroxylation is 1. The van der Waals surface area contributed by atoms with Crippen LogP contribution in [0.3, 0.4) is 0 Å². The Labute approximate surface area is 118 Å². The molecular formula is C14H20N2O4. The van der Waals surface area contributed by atoms with Crippen molar-refractivity contribution in [2.45, 2.75) is 33.8 Å². The number of ether oxygens (including phenoxy) is 1. The van der Waals surface area contributed by atoms with Crippen molar-refractivity contribution < 1.29 is 19.1 Å². The lowest BCUT2D eigenvalue weighted by molar-refractivity contribution is -0.137. The SMILES string of the molecule is CC(=O)c1c(C)[nH]c(C(=O)O[C@@H](C)C(=O)N(C)C)c1C. The van der Waals surface area contributed by atoms with E-state index in [1.165, 1.54) is 18.7 Å². The van der Waals surface area contributed by atoms with Crippen molar-refractivity contribution >= 4 is 17.7 Å². The first-order valence-electron chi connectivity index (χ1n) is 6.29. The van der Waals surface area contributed by atoms with E-state index in [0.29, 0.717) is 16.8 Å². The van der Waals surface area contributed by atoms with Crippen LogP contribution >= 0.6 is 0 Å². The Hall–Kier alpha value is -2.11. The van der Waals surface area contributed by atoms with Gasteiger partial charge in [-0.05, 0) is 33.3 Å². The lowest BCUT2D eigenvalue weighted by Crippen LogP contribution is -2.35. The summed E-state index contributed by atoms with van der Waals surface area (Å²) in [4.78, 5) is 39.4. The average molecular weight is 280 g/mol. The van der Waals surface area contributed by atoms with E-state index in [1.54, 1.807) is 27.9 Å². The van der Waals surface area contributed by atoms with E-state index in [4.69, 9.17) is 4.74 Å². The van der Waals surface area contributed by atoms with E-state index in [-0.39, 0.29) is 17.4 Å². The minimum Gasteiger partial charge on any atom is -0.448 e. The molecular weight excluding hydrogens is 260 g/mol. The minimum absolute atomic E-state index is 0.118. The Morgan fingerprint density at radius 3 is 2.15 bits per heavy atom. The van der Waals surface area contributed by atoms with Gasteiger partial charge in [0.05, 0.1) is 0 Å². The quantitative estimate of drug-likeness (QED) is 0.669. The third kappa shape index (κ3) is 3.07. The molecule has 0 saturated heterocycles. The van der Waals surface area contributed by atoms with Crippen LogP contribution in [0, 0.1) is 13.8 Å². The predicted molar refractivity (Wildman–Crippen MR) is 73.8 cm³/mol. The van der Waals surface area contributed by atoms with Gasteiger partial charge in [0.15, 0.2) is 11.9 Å². The molecule has 0 bridgehead atoms. The number of carbonyl (C=O) groups excluding carboxylic acids is 3. The van der Waals surface area contributed by atoms with Crippen LogP contribution in [0.15, 0.2) is 0 Å². The van der Waals surface area contributed by atoms with E-state index in [2.05, 4.69) is 4.98 Å². The van der Waals surface area contributed by atoms with E-state index >= 15 is 0 Å². The molecule has 110 valence electrons. The van der Waals surface area contributed by atoms with Gasteiger partial charge in [-0.15, -0.1) is 0 Å². The van der Waals surface area contributed by atoms with Gasteiger partial charge in [-0.1, -0.05) is 0 Å². The molecule has 6 nitrogen and oxygen atoms in total. The van der Waals surface area contributed by atoms with Crippen LogP contribution in [0.2, 0.25) is 0 Å². The third-order valence-electron chi connectivity index (χ3n) is 3.07. The molecule has 0 aliphatic rings. The van der Waals surface area contributed by atoms with Gasteiger partial charge in [0.2, 0.25) is 0 Å². The maximum Gasteiger partial charge on any atom is 0.355 e. The Morgan fingerprint density at radius 2 is 1.75 bits per heavy atom. The molecule has 1 N–H and O–H groups in total. The molecule has 1 heterocycles. The molecule has 0 radical (unpaired) electrons. The molecule has 0 aliphatic carbocycles. The number of esters is 1. The summed E-state index contributed by atoms with van der Waals surface area (Å²) in [6, 6.07) is 0. The van der Waals surface area contributed by atoms with Crippen molar-refractivity contribution in [1.29, 1.82) is 0 Å². The standard InChI is InChI=1S/C14H20N2O4/c1-7-11(9(3)17)8(2)15-12(7)14(19)20-10(4)13(18)16(5)6/h10,15H,1-6H3/t10-/m0/s1. The molecule has 0 spiro atoms. The number of hydrogen-bond acceptors (Lipinski definition) is 4. The maximum atomic E-state index is 12.1. The first-order chi connectivity index (χ1) is 9.16. The van der Waals surface area contributed by atoms with Gasteiger partial charge in [-0.3, -0.25) is 9.59 Å². The molecule has 1 aromatic rings. The molecule has 6 heteroatoms. The molecule has 1 amide bonds. The number of H-pyrrole nitrogens is 1. The Morgan fingerprint density at radius 1 is 1.20 bits per heavy atom. The van der Waals surface area contributed by atoms with Gasteiger partial charge in [0.1, 0.15) is 5.69 Å². The Balaban J connectivity index is 2.97. The molecule has 0 saturated carbocycles. The summed E-state index contributed by atoms with van der Waals surface area (Å²) < 4.78 is 5.12. The number of nitrogens with zero attached hydrogens (tertiary/aromatic N) is 1. The summed E-state index contributed by atoms with van der Waals surface area (Å²) in [5, 5.41) is 0. The van der Waals surface area contributed by atoms with Crippen LogP contribution in [0.4, 0.5) is 0 Å². The first kappa shape index (κ1) is 15.9. The van der Waals surface area contributed by atoms with E-state index in [0.717, 1.165) is 0 Å². The Bertz CT molecular complexity index is 558. The topological polar surface area (TPSA) is 79.5 Å². The number of hydrogen-bond donors (Lipinski definition) is 1. The summed E-state index contributed by atoms with van der Waals surface area (Å²) >= 11 is 0. The first-order valence-corrected chi connectivity index (χ1v) is 6.29. The van der Waals surface area contributed by atoms with Crippen LogP contribution in [0.25, 0.3) is 0 Å². The van der Waals surface area contributed by atoms with Gasteiger partial charge in [-0.2, -0.15) is 0 Å². The van der Waals surface area contributed by atoms with Crippen LogP contribution in [0.1, 0.15) is 46.0 Å². The summed E-state index contributed by atoms with van der Waals surface area (Å²) in [5.41, 5.74) is 1.87. The molecule has 1 aromatic heterocycles. The van der Waals surface area contributed by atoms with Crippen LogP contribution in [0.5, 0.6) is 0 Å². The fraction of sp³-hybridized carbons (Fsp3) is 0.500. The molecule has 1 atom stereocenters. The van der Waals surface area contributed by atoms with Gasteiger partial charge in [0, 0.05) is 25.4 Å². The zero-order chi connectivity index (χ0) is 15.6. The van der Waals surface area contributed by atoms with Crippen molar-refractivity contribution in [1.82, 2.24) is 9.88 Å². The van der Waals surface area contributed by atoms with Crippen LogP contribution in [-0.2, 0) is 9.53 Å². The van der Waals surface area contributed by atoms with E-state index in [9.17, 15) is 14.4 Å². The van der Waals surface area contributed by atoms with Crippen molar-refractivity contribution in [2.24, 2.45) is 0 Å². The second-order valence-corrected chi connectivity index (χ2v) is 4.96. The second-order valence-electron chi connectivity index (χ2n) is 4.96. The number of aromatic nitrogens is 1. The van der Waals surface area contributed by atoms with Gasteiger partial charge < -0.3 is 14.6 Å². The largest absolute Gasteiger partial charge is 0.448 e. The summed E-state index contributed by atoms with van der Waals surface area (Å²) in [6.07, 6.45) is -0.874. The fourth-order valence-corrected chi connectivity index (χ4v) is 2.12. The summed E-state index contributed by atoms with van der Waals surface area (Å²) in [6.45, 7) is 6.35. The Kier molecular flexibility index (Phi) is 4.70. The molecule has 0 unspecified atom stereocenters. The highest BCUT2D eigenvalue weighted by Crippen LogP contribution is 2.19. The fourth-order valence-electron chi connectivity index (χ4n) is 2.12. The van der Waals surface area contributed by atoms with Crippen molar-refractivity contribution in [3.8, 4) is 0 Å². The minimum atomic E-state index is -0.874. The summed E-state index contributed by atoms with van der Waals surface area (Å²) in [7, 11) is 3.18. The smallest absolute Gasteiger partial charge is 0.355 e. The molecule has 0 aromatic carbocycles. The van der Waals surface area contributed by atoms with Gasteiger partial charge in [0.25, 0.3) is 5.91 Å².